The van der Waals surface area contributed by atoms with Crippen LogP contribution in [-0.4, -0.2) is 0 Å². The Bertz CT molecular complexity index is 320. The number of nitrogens with two attached hydrogens (primary N) is 1. The van der Waals surface area contributed by atoms with Gasteiger partial charge in [0.05, 0.1) is 0 Å². The fraction of sp³-hybridized carbons (Fsp3) is 0.400. The lowest BCUT2D eigenvalue weighted by molar-refractivity contribution is 0.603. The Morgan fingerprint density at radius 1 is 1.50 bits per heavy atom. The third kappa shape index (κ3) is 0.950. The van der Waals surface area contributed by atoms with E-state index in [-0.39, 0.29) is 11.9 Å². The van der Waals surface area contributed by atoms with Crippen LogP contribution in [0.4, 0.5) is 4.39 Å². The summed E-state index contributed by atoms with van der Waals surface area (Å²) in [5, 5.41) is 0. The molecule has 1 aromatic carbocycles. The van der Waals surface area contributed by atoms with Crippen molar-refractivity contribution in [3.63, 3.8) is 0 Å². The van der Waals surface area contributed by atoms with E-state index in [4.69, 9.17) is 5.73 Å². The second-order valence-electron chi connectivity index (χ2n) is 3.41. The predicted octanol–water partition coefficient (Wildman–Crippen LogP) is 2.08. The number of rotatable bonds is 0. The standard InChI is InChI=1S/C10H12FN/c1-6-2-3-7-8(10(6)11)4-5-9(7)12/h2-3,9H,4-5,12H2,1H3/t9-/m1/s1. The molecule has 1 aromatic rings. The summed E-state index contributed by atoms with van der Waals surface area (Å²) >= 11 is 0. The smallest absolute Gasteiger partial charge is 0.129 e. The van der Waals surface area contributed by atoms with Crippen molar-refractivity contribution in [1.29, 1.82) is 0 Å². The Balaban J connectivity index is 2.60. The normalized spacial score (nSPS) is 21.1. The second kappa shape index (κ2) is 2.56. The molecule has 0 fully saturated rings. The van der Waals surface area contributed by atoms with Crippen molar-refractivity contribution in [2.24, 2.45) is 5.73 Å². The highest BCUT2D eigenvalue weighted by atomic mass is 19.1. The fourth-order valence-corrected chi connectivity index (χ4v) is 1.81. The van der Waals surface area contributed by atoms with Crippen molar-refractivity contribution in [2.75, 3.05) is 0 Å². The van der Waals surface area contributed by atoms with Crippen LogP contribution in [0.15, 0.2) is 12.1 Å². The first-order chi connectivity index (χ1) is 5.70. The van der Waals surface area contributed by atoms with E-state index in [1.807, 2.05) is 6.07 Å². The van der Waals surface area contributed by atoms with E-state index in [0.717, 1.165) is 29.5 Å². The van der Waals surface area contributed by atoms with Gasteiger partial charge in [-0.2, -0.15) is 0 Å². The average molecular weight is 165 g/mol. The summed E-state index contributed by atoms with van der Waals surface area (Å²) in [6.07, 6.45) is 1.68. The Hall–Kier alpha value is -0.890. The van der Waals surface area contributed by atoms with Crippen molar-refractivity contribution in [3.8, 4) is 0 Å². The van der Waals surface area contributed by atoms with E-state index in [1.54, 1.807) is 13.0 Å². The molecular formula is C10H12FN. The summed E-state index contributed by atoms with van der Waals surface area (Å²) < 4.78 is 13.4. The molecule has 0 spiro atoms. The monoisotopic (exact) mass is 165 g/mol. The third-order valence-electron chi connectivity index (χ3n) is 2.58. The lowest BCUT2D eigenvalue weighted by Gasteiger charge is -2.06. The largest absolute Gasteiger partial charge is 0.324 e. The van der Waals surface area contributed by atoms with Gasteiger partial charge in [0.2, 0.25) is 0 Å². The summed E-state index contributed by atoms with van der Waals surface area (Å²) in [7, 11) is 0. The zero-order valence-corrected chi connectivity index (χ0v) is 7.10. The summed E-state index contributed by atoms with van der Waals surface area (Å²) in [5.41, 5.74) is 8.36. The van der Waals surface area contributed by atoms with Gasteiger partial charge in [-0.15, -0.1) is 0 Å². The van der Waals surface area contributed by atoms with Gasteiger partial charge in [0.1, 0.15) is 5.82 Å². The van der Waals surface area contributed by atoms with E-state index in [1.165, 1.54) is 0 Å². The fourth-order valence-electron chi connectivity index (χ4n) is 1.81. The molecule has 12 heavy (non-hydrogen) atoms. The molecular weight excluding hydrogens is 153 g/mol. The first-order valence-corrected chi connectivity index (χ1v) is 4.23. The molecule has 0 bridgehead atoms. The number of fused-ring (bicyclic) bond motifs is 1. The molecule has 0 aliphatic heterocycles. The minimum atomic E-state index is -0.0551. The van der Waals surface area contributed by atoms with Gasteiger partial charge in [-0.3, -0.25) is 0 Å². The molecule has 2 N–H and O–H groups in total. The van der Waals surface area contributed by atoms with Gasteiger partial charge in [-0.25, -0.2) is 4.39 Å². The maximum atomic E-state index is 13.4. The summed E-state index contributed by atoms with van der Waals surface area (Å²) in [6.45, 7) is 1.79. The number of hydrogen-bond acceptors (Lipinski definition) is 1. The van der Waals surface area contributed by atoms with Gasteiger partial charge in [-0.05, 0) is 36.5 Å². The molecule has 0 unspecified atom stereocenters. The van der Waals surface area contributed by atoms with Crippen LogP contribution in [0.3, 0.4) is 0 Å². The van der Waals surface area contributed by atoms with Gasteiger partial charge in [-0.1, -0.05) is 12.1 Å². The van der Waals surface area contributed by atoms with Crippen LogP contribution in [0.1, 0.15) is 29.2 Å². The highest BCUT2D eigenvalue weighted by Crippen LogP contribution is 2.31. The Morgan fingerprint density at radius 3 is 3.00 bits per heavy atom. The second-order valence-corrected chi connectivity index (χ2v) is 3.41. The Kier molecular flexibility index (Phi) is 1.65. The van der Waals surface area contributed by atoms with Crippen LogP contribution in [0, 0.1) is 12.7 Å². The topological polar surface area (TPSA) is 26.0 Å². The van der Waals surface area contributed by atoms with E-state index < -0.39 is 0 Å². The zero-order chi connectivity index (χ0) is 8.72. The molecule has 0 saturated carbocycles. The minimum absolute atomic E-state index is 0.0510. The molecule has 1 aliphatic rings. The van der Waals surface area contributed by atoms with Crippen LogP contribution in [0.2, 0.25) is 0 Å². The average Bonchev–Trinajstić information content (AvgIpc) is 2.41. The van der Waals surface area contributed by atoms with E-state index in [9.17, 15) is 4.39 Å². The quantitative estimate of drug-likeness (QED) is 0.625. The summed E-state index contributed by atoms with van der Waals surface area (Å²) in [5.74, 6) is -0.0551. The van der Waals surface area contributed by atoms with Crippen molar-refractivity contribution >= 4 is 0 Å². The van der Waals surface area contributed by atoms with Crippen molar-refractivity contribution in [1.82, 2.24) is 0 Å². The van der Waals surface area contributed by atoms with E-state index in [2.05, 4.69) is 0 Å². The van der Waals surface area contributed by atoms with E-state index in [0.29, 0.717) is 0 Å². The summed E-state index contributed by atoms with van der Waals surface area (Å²) in [6, 6.07) is 3.81. The molecule has 0 radical (unpaired) electrons. The Morgan fingerprint density at radius 2 is 2.25 bits per heavy atom. The van der Waals surface area contributed by atoms with Gasteiger partial charge >= 0.3 is 0 Å². The number of aryl methyl sites for hydroxylation is 1. The zero-order valence-electron chi connectivity index (χ0n) is 7.10. The third-order valence-corrected chi connectivity index (χ3v) is 2.58. The van der Waals surface area contributed by atoms with Crippen molar-refractivity contribution in [2.45, 2.75) is 25.8 Å². The van der Waals surface area contributed by atoms with Crippen LogP contribution in [0.5, 0.6) is 0 Å². The molecule has 2 rings (SSSR count). The van der Waals surface area contributed by atoms with E-state index >= 15 is 0 Å². The lowest BCUT2D eigenvalue weighted by Crippen LogP contribution is -2.05. The molecule has 64 valence electrons. The molecule has 0 saturated heterocycles. The van der Waals surface area contributed by atoms with Gasteiger partial charge in [0.25, 0.3) is 0 Å². The maximum absolute atomic E-state index is 13.4. The van der Waals surface area contributed by atoms with Crippen LogP contribution >= 0.6 is 0 Å². The van der Waals surface area contributed by atoms with Crippen molar-refractivity contribution in [3.05, 3.63) is 34.6 Å². The highest BCUT2D eigenvalue weighted by Gasteiger charge is 2.22. The molecule has 0 heterocycles. The molecule has 2 heteroatoms. The predicted molar refractivity (Wildman–Crippen MR) is 46.4 cm³/mol. The van der Waals surface area contributed by atoms with Crippen molar-refractivity contribution < 1.29 is 4.39 Å². The lowest BCUT2D eigenvalue weighted by atomic mass is 10.1. The molecule has 1 nitrogen and oxygen atoms in total. The van der Waals surface area contributed by atoms with Gasteiger partial charge < -0.3 is 5.73 Å². The maximum Gasteiger partial charge on any atom is 0.129 e. The highest BCUT2D eigenvalue weighted by molar-refractivity contribution is 5.38. The van der Waals surface area contributed by atoms with Gasteiger partial charge in [0.15, 0.2) is 0 Å². The number of hydrogen-bond donors (Lipinski definition) is 1. The minimum Gasteiger partial charge on any atom is -0.324 e. The van der Waals surface area contributed by atoms with Gasteiger partial charge in [0, 0.05) is 6.04 Å². The van der Waals surface area contributed by atoms with Crippen LogP contribution < -0.4 is 5.73 Å². The van der Waals surface area contributed by atoms with Crippen LogP contribution in [0.25, 0.3) is 0 Å². The summed E-state index contributed by atoms with van der Waals surface area (Å²) in [4.78, 5) is 0. The first kappa shape index (κ1) is 7.74. The Labute approximate surface area is 71.4 Å². The van der Waals surface area contributed by atoms with Crippen LogP contribution in [-0.2, 0) is 6.42 Å². The molecule has 0 aromatic heterocycles. The molecule has 0 amide bonds. The molecule has 1 atom stereocenters. The first-order valence-electron chi connectivity index (χ1n) is 4.23. The number of benzene rings is 1. The number of halogens is 1. The molecule has 1 aliphatic carbocycles. The SMILES string of the molecule is Cc1ccc2c(c1F)CC[C@H]2N.